The first-order valence-electron chi connectivity index (χ1n) is 6.57. The summed E-state index contributed by atoms with van der Waals surface area (Å²) in [6, 6.07) is 2.81. The molecule has 3 nitrogen and oxygen atoms in total. The number of rotatable bonds is 6. The van der Waals surface area contributed by atoms with Crippen molar-refractivity contribution in [1.29, 1.82) is 0 Å². The molecule has 1 aromatic heterocycles. The maximum atomic E-state index is 4.66. The minimum atomic E-state index is 0.661. The highest BCUT2D eigenvalue weighted by Gasteiger charge is 2.17. The summed E-state index contributed by atoms with van der Waals surface area (Å²) in [6.07, 6.45) is 9.63. The van der Waals surface area contributed by atoms with Crippen LogP contribution < -0.4 is 5.32 Å². The molecule has 0 spiro atoms. The molecule has 1 unspecified atom stereocenters. The van der Waals surface area contributed by atoms with Gasteiger partial charge in [0.05, 0.1) is 11.7 Å². The van der Waals surface area contributed by atoms with Crippen molar-refractivity contribution in [2.75, 3.05) is 12.8 Å². The van der Waals surface area contributed by atoms with Gasteiger partial charge in [-0.25, -0.2) is 0 Å². The lowest BCUT2D eigenvalue weighted by Crippen LogP contribution is -2.22. The standard InChI is InChI=1S/C13H23N3S/c1-11(17-2)9-14-10-12-7-8-16(15-12)13-5-3-4-6-13/h7-8,11,13-14H,3-6,9-10H2,1-2H3. The summed E-state index contributed by atoms with van der Waals surface area (Å²) in [6.45, 7) is 4.19. The Morgan fingerprint density at radius 3 is 3.00 bits per heavy atom. The van der Waals surface area contributed by atoms with Crippen LogP contribution >= 0.6 is 11.8 Å². The van der Waals surface area contributed by atoms with Crippen molar-refractivity contribution in [1.82, 2.24) is 15.1 Å². The van der Waals surface area contributed by atoms with E-state index in [9.17, 15) is 0 Å². The molecule has 0 aromatic carbocycles. The van der Waals surface area contributed by atoms with Crippen LogP contribution in [0.4, 0.5) is 0 Å². The van der Waals surface area contributed by atoms with Crippen LogP contribution in [0.1, 0.15) is 44.3 Å². The number of hydrogen-bond donors (Lipinski definition) is 1. The highest BCUT2D eigenvalue weighted by molar-refractivity contribution is 7.99. The molecule has 0 bridgehead atoms. The van der Waals surface area contributed by atoms with E-state index in [4.69, 9.17) is 0 Å². The van der Waals surface area contributed by atoms with Gasteiger partial charge in [-0.2, -0.15) is 16.9 Å². The predicted octanol–water partition coefficient (Wildman–Crippen LogP) is 2.84. The van der Waals surface area contributed by atoms with E-state index in [0.29, 0.717) is 11.3 Å². The van der Waals surface area contributed by atoms with E-state index in [1.54, 1.807) is 0 Å². The first-order valence-corrected chi connectivity index (χ1v) is 7.86. The average molecular weight is 253 g/mol. The maximum Gasteiger partial charge on any atom is 0.0762 e. The molecule has 2 rings (SSSR count). The number of nitrogens with zero attached hydrogens (tertiary/aromatic N) is 2. The van der Waals surface area contributed by atoms with Gasteiger partial charge in [0.2, 0.25) is 0 Å². The molecule has 96 valence electrons. The van der Waals surface area contributed by atoms with Gasteiger partial charge in [-0.15, -0.1) is 0 Å². The summed E-state index contributed by atoms with van der Waals surface area (Å²) < 4.78 is 2.17. The Kier molecular flexibility index (Phi) is 4.92. The molecule has 1 heterocycles. The zero-order chi connectivity index (χ0) is 12.1. The third kappa shape index (κ3) is 3.75. The highest BCUT2D eigenvalue weighted by Crippen LogP contribution is 2.28. The van der Waals surface area contributed by atoms with Gasteiger partial charge in [0.25, 0.3) is 0 Å². The fourth-order valence-electron chi connectivity index (χ4n) is 2.33. The molecule has 1 aliphatic carbocycles. The maximum absolute atomic E-state index is 4.66. The molecule has 0 amide bonds. The van der Waals surface area contributed by atoms with E-state index < -0.39 is 0 Å². The van der Waals surface area contributed by atoms with Gasteiger partial charge in [0, 0.05) is 24.5 Å². The van der Waals surface area contributed by atoms with Crippen LogP contribution in [0.3, 0.4) is 0 Å². The van der Waals surface area contributed by atoms with E-state index in [1.165, 1.54) is 31.4 Å². The Balaban J connectivity index is 1.77. The highest BCUT2D eigenvalue weighted by atomic mass is 32.2. The fraction of sp³-hybridized carbons (Fsp3) is 0.769. The van der Waals surface area contributed by atoms with Crippen molar-refractivity contribution >= 4 is 11.8 Å². The monoisotopic (exact) mass is 253 g/mol. The molecule has 1 fully saturated rings. The van der Waals surface area contributed by atoms with Gasteiger partial charge in [-0.1, -0.05) is 19.8 Å². The van der Waals surface area contributed by atoms with Crippen molar-refractivity contribution in [3.05, 3.63) is 18.0 Å². The summed E-state index contributed by atoms with van der Waals surface area (Å²) in [5.41, 5.74) is 1.17. The van der Waals surface area contributed by atoms with Gasteiger partial charge in [-0.05, 0) is 25.2 Å². The van der Waals surface area contributed by atoms with Crippen LogP contribution in [-0.2, 0) is 6.54 Å². The SMILES string of the molecule is CSC(C)CNCc1ccn(C2CCCC2)n1. The van der Waals surface area contributed by atoms with E-state index in [-0.39, 0.29) is 0 Å². The zero-order valence-electron chi connectivity index (χ0n) is 10.9. The van der Waals surface area contributed by atoms with E-state index >= 15 is 0 Å². The summed E-state index contributed by atoms with van der Waals surface area (Å²) >= 11 is 1.90. The first kappa shape index (κ1) is 13.0. The van der Waals surface area contributed by atoms with Crippen molar-refractivity contribution in [2.24, 2.45) is 0 Å². The van der Waals surface area contributed by atoms with Crippen LogP contribution in [0.15, 0.2) is 12.3 Å². The second-order valence-corrected chi connectivity index (χ2v) is 6.18. The summed E-state index contributed by atoms with van der Waals surface area (Å²) in [5, 5.41) is 8.79. The molecule has 1 saturated carbocycles. The van der Waals surface area contributed by atoms with Crippen LogP contribution in [0.2, 0.25) is 0 Å². The first-order chi connectivity index (χ1) is 8.29. The van der Waals surface area contributed by atoms with E-state index in [2.05, 4.69) is 40.5 Å². The number of thioether (sulfide) groups is 1. The molecule has 1 aromatic rings. The molecule has 1 atom stereocenters. The lowest BCUT2D eigenvalue weighted by Gasteiger charge is -2.10. The molecule has 1 N–H and O–H groups in total. The van der Waals surface area contributed by atoms with E-state index in [1.807, 2.05) is 11.8 Å². The quantitative estimate of drug-likeness (QED) is 0.845. The molecule has 0 saturated heterocycles. The van der Waals surface area contributed by atoms with Gasteiger partial charge in [-0.3, -0.25) is 4.68 Å². The van der Waals surface area contributed by atoms with Gasteiger partial charge < -0.3 is 5.32 Å². The zero-order valence-corrected chi connectivity index (χ0v) is 11.7. The lowest BCUT2D eigenvalue weighted by molar-refractivity contribution is 0.461. The minimum absolute atomic E-state index is 0.661. The third-order valence-electron chi connectivity index (χ3n) is 3.50. The third-order valence-corrected chi connectivity index (χ3v) is 4.47. The summed E-state index contributed by atoms with van der Waals surface area (Å²) in [4.78, 5) is 0. The Hall–Kier alpha value is -0.480. The van der Waals surface area contributed by atoms with Crippen LogP contribution in [0.25, 0.3) is 0 Å². The molecule has 0 radical (unpaired) electrons. The lowest BCUT2D eigenvalue weighted by atomic mass is 10.3. The second kappa shape index (κ2) is 6.45. The Labute approximate surface area is 108 Å². The summed E-state index contributed by atoms with van der Waals surface area (Å²) in [5.74, 6) is 0. The number of aromatic nitrogens is 2. The van der Waals surface area contributed by atoms with Gasteiger partial charge in [0.15, 0.2) is 0 Å². The Bertz CT molecular complexity index is 331. The number of nitrogens with one attached hydrogen (secondary N) is 1. The molecule has 4 heteroatoms. The van der Waals surface area contributed by atoms with E-state index in [0.717, 1.165) is 13.1 Å². The van der Waals surface area contributed by atoms with Crippen molar-refractivity contribution in [2.45, 2.75) is 50.4 Å². The van der Waals surface area contributed by atoms with Crippen molar-refractivity contribution < 1.29 is 0 Å². The smallest absolute Gasteiger partial charge is 0.0762 e. The van der Waals surface area contributed by atoms with Crippen molar-refractivity contribution in [3.63, 3.8) is 0 Å². The van der Waals surface area contributed by atoms with Crippen LogP contribution in [-0.4, -0.2) is 27.8 Å². The van der Waals surface area contributed by atoms with Crippen LogP contribution in [0.5, 0.6) is 0 Å². The summed E-state index contributed by atoms with van der Waals surface area (Å²) in [7, 11) is 0. The molecule has 17 heavy (non-hydrogen) atoms. The van der Waals surface area contributed by atoms with Crippen LogP contribution in [0, 0.1) is 0 Å². The minimum Gasteiger partial charge on any atom is -0.310 e. The normalized spacial score (nSPS) is 18.7. The molecule has 0 aliphatic heterocycles. The second-order valence-electron chi connectivity index (χ2n) is 4.90. The molecule has 1 aliphatic rings. The Morgan fingerprint density at radius 2 is 2.29 bits per heavy atom. The van der Waals surface area contributed by atoms with Crippen molar-refractivity contribution in [3.8, 4) is 0 Å². The average Bonchev–Trinajstić information content (AvgIpc) is 2.98. The van der Waals surface area contributed by atoms with Gasteiger partial charge in [0.1, 0.15) is 0 Å². The predicted molar refractivity (Wildman–Crippen MR) is 74.4 cm³/mol. The molecular weight excluding hydrogens is 230 g/mol. The number of hydrogen-bond acceptors (Lipinski definition) is 3. The fourth-order valence-corrected chi connectivity index (χ4v) is 2.62. The molecular formula is C13H23N3S. The van der Waals surface area contributed by atoms with Gasteiger partial charge >= 0.3 is 0 Å². The Morgan fingerprint density at radius 1 is 1.53 bits per heavy atom. The topological polar surface area (TPSA) is 29.9 Å². The largest absolute Gasteiger partial charge is 0.310 e.